The first-order valence-electron chi connectivity index (χ1n) is 12.0. The molecule has 0 radical (unpaired) electrons. The monoisotopic (exact) mass is 453 g/mol. The molecule has 0 saturated carbocycles. The third-order valence-electron chi connectivity index (χ3n) is 7.52. The molecule has 2 aliphatic heterocycles. The highest BCUT2D eigenvalue weighted by Crippen LogP contribution is 2.28. The van der Waals surface area contributed by atoms with Gasteiger partial charge in [-0.3, -0.25) is 14.6 Å². The standard InChI is InChI=1S/C27H36ClN3O/c1-19-6-5-7-20(2)26(19)27(32)29-14-12-25(13-15-29)30-16-17-31(21(3)18-30)22(4)23-8-10-24(28)11-9-23/h5-11,21-22,25H,12-18H2,1-4H3. The minimum atomic E-state index is 0.203. The van der Waals surface area contributed by atoms with Crippen molar-refractivity contribution in [1.82, 2.24) is 14.7 Å². The smallest absolute Gasteiger partial charge is 0.254 e. The number of piperazine rings is 1. The van der Waals surface area contributed by atoms with Gasteiger partial charge >= 0.3 is 0 Å². The average molecular weight is 454 g/mol. The molecule has 0 bridgehead atoms. The zero-order valence-electron chi connectivity index (χ0n) is 19.9. The Kier molecular flexibility index (Phi) is 7.24. The van der Waals surface area contributed by atoms with E-state index in [0.29, 0.717) is 18.1 Å². The van der Waals surface area contributed by atoms with Crippen molar-refractivity contribution in [2.45, 2.75) is 58.7 Å². The third-order valence-corrected chi connectivity index (χ3v) is 7.78. The Morgan fingerprint density at radius 3 is 2.19 bits per heavy atom. The number of benzene rings is 2. The molecule has 172 valence electrons. The molecule has 32 heavy (non-hydrogen) atoms. The molecule has 5 heteroatoms. The largest absolute Gasteiger partial charge is 0.339 e. The predicted octanol–water partition coefficient (Wildman–Crippen LogP) is 5.33. The van der Waals surface area contributed by atoms with E-state index in [9.17, 15) is 4.79 Å². The molecule has 2 heterocycles. The molecule has 0 N–H and O–H groups in total. The molecule has 2 saturated heterocycles. The Labute approximate surface area is 198 Å². The molecule has 0 aliphatic carbocycles. The lowest BCUT2D eigenvalue weighted by molar-refractivity contribution is 0.0135. The molecule has 2 fully saturated rings. The van der Waals surface area contributed by atoms with Crippen molar-refractivity contribution in [1.29, 1.82) is 0 Å². The second-order valence-corrected chi connectivity index (χ2v) is 10.0. The van der Waals surface area contributed by atoms with Crippen LogP contribution in [0.5, 0.6) is 0 Å². The van der Waals surface area contributed by atoms with Crippen LogP contribution < -0.4 is 0 Å². The van der Waals surface area contributed by atoms with Crippen LogP contribution in [0.15, 0.2) is 42.5 Å². The van der Waals surface area contributed by atoms with E-state index in [1.54, 1.807) is 0 Å². The summed E-state index contributed by atoms with van der Waals surface area (Å²) in [4.78, 5) is 20.5. The summed E-state index contributed by atoms with van der Waals surface area (Å²) >= 11 is 6.07. The van der Waals surface area contributed by atoms with Crippen molar-refractivity contribution < 1.29 is 4.79 Å². The second-order valence-electron chi connectivity index (χ2n) is 9.60. The molecule has 1 amide bonds. The molecule has 2 atom stereocenters. The van der Waals surface area contributed by atoms with Gasteiger partial charge in [-0.2, -0.15) is 0 Å². The van der Waals surface area contributed by atoms with Crippen LogP contribution in [0.3, 0.4) is 0 Å². The fourth-order valence-electron chi connectivity index (χ4n) is 5.58. The van der Waals surface area contributed by atoms with Crippen LogP contribution in [-0.2, 0) is 0 Å². The SMILES string of the molecule is Cc1cccc(C)c1C(=O)N1CCC(N2CCN(C(C)c3ccc(Cl)cc3)C(C)C2)CC1. The summed E-state index contributed by atoms with van der Waals surface area (Å²) in [6, 6.07) is 15.9. The highest BCUT2D eigenvalue weighted by molar-refractivity contribution is 6.30. The number of nitrogens with zero attached hydrogens (tertiary/aromatic N) is 3. The summed E-state index contributed by atoms with van der Waals surface area (Å²) in [6.45, 7) is 13.7. The lowest BCUT2D eigenvalue weighted by atomic mass is 9.97. The second kappa shape index (κ2) is 9.94. The van der Waals surface area contributed by atoms with Gasteiger partial charge in [-0.05, 0) is 69.4 Å². The van der Waals surface area contributed by atoms with Gasteiger partial charge in [-0.15, -0.1) is 0 Å². The van der Waals surface area contributed by atoms with E-state index in [2.05, 4.69) is 40.7 Å². The van der Waals surface area contributed by atoms with E-state index < -0.39 is 0 Å². The Morgan fingerprint density at radius 1 is 0.969 bits per heavy atom. The number of amides is 1. The Hall–Kier alpha value is -1.88. The molecular formula is C27H36ClN3O. The number of likely N-dealkylation sites (tertiary alicyclic amines) is 1. The number of hydrogen-bond donors (Lipinski definition) is 0. The molecule has 2 aromatic rings. The maximum Gasteiger partial charge on any atom is 0.254 e. The van der Waals surface area contributed by atoms with Gasteiger partial charge in [0.1, 0.15) is 0 Å². The Balaban J connectivity index is 1.32. The van der Waals surface area contributed by atoms with Crippen LogP contribution in [0, 0.1) is 13.8 Å². The topological polar surface area (TPSA) is 26.8 Å². The number of carbonyl (C=O) groups is 1. The van der Waals surface area contributed by atoms with Gasteiger partial charge in [-0.25, -0.2) is 0 Å². The average Bonchev–Trinajstić information content (AvgIpc) is 2.79. The highest BCUT2D eigenvalue weighted by Gasteiger charge is 2.34. The molecule has 2 aliphatic rings. The zero-order valence-corrected chi connectivity index (χ0v) is 20.6. The van der Waals surface area contributed by atoms with E-state index in [0.717, 1.165) is 67.3 Å². The maximum atomic E-state index is 13.1. The lowest BCUT2D eigenvalue weighted by Gasteiger charge is -2.47. The first-order valence-corrected chi connectivity index (χ1v) is 12.3. The summed E-state index contributed by atoms with van der Waals surface area (Å²) in [7, 11) is 0. The fraction of sp³-hybridized carbons (Fsp3) is 0.519. The summed E-state index contributed by atoms with van der Waals surface area (Å²) in [5.41, 5.74) is 4.38. The third kappa shape index (κ3) is 4.88. The first-order chi connectivity index (χ1) is 15.3. The van der Waals surface area contributed by atoms with E-state index in [4.69, 9.17) is 11.6 Å². The van der Waals surface area contributed by atoms with Crippen molar-refractivity contribution in [2.24, 2.45) is 0 Å². The highest BCUT2D eigenvalue weighted by atomic mass is 35.5. The molecule has 2 aromatic carbocycles. The molecule has 4 nitrogen and oxygen atoms in total. The van der Waals surface area contributed by atoms with Crippen molar-refractivity contribution in [3.05, 3.63) is 69.7 Å². The minimum absolute atomic E-state index is 0.203. The number of halogens is 1. The van der Waals surface area contributed by atoms with Gasteiger partial charge in [0.05, 0.1) is 0 Å². The normalized spacial score (nSPS) is 22.2. The zero-order chi connectivity index (χ0) is 22.8. The molecular weight excluding hydrogens is 418 g/mol. The lowest BCUT2D eigenvalue weighted by Crippen LogP contribution is -2.57. The van der Waals surface area contributed by atoms with Crippen LogP contribution in [0.1, 0.15) is 59.8 Å². The number of carbonyl (C=O) groups excluding carboxylic acids is 1. The first kappa shape index (κ1) is 23.3. The van der Waals surface area contributed by atoms with Gasteiger partial charge in [0.2, 0.25) is 0 Å². The van der Waals surface area contributed by atoms with Crippen molar-refractivity contribution in [3.8, 4) is 0 Å². The number of hydrogen-bond acceptors (Lipinski definition) is 3. The van der Waals surface area contributed by atoms with Crippen LogP contribution in [0.4, 0.5) is 0 Å². The Bertz CT molecular complexity index is 916. The number of piperidine rings is 1. The maximum absolute atomic E-state index is 13.1. The van der Waals surface area contributed by atoms with Crippen LogP contribution in [-0.4, -0.2) is 65.4 Å². The van der Waals surface area contributed by atoms with Gasteiger partial charge < -0.3 is 4.90 Å². The van der Waals surface area contributed by atoms with Crippen LogP contribution in [0.2, 0.25) is 5.02 Å². The summed E-state index contributed by atoms with van der Waals surface area (Å²) in [6.07, 6.45) is 2.13. The van der Waals surface area contributed by atoms with Gasteiger partial charge in [0, 0.05) is 61.4 Å². The van der Waals surface area contributed by atoms with Crippen LogP contribution in [0.25, 0.3) is 0 Å². The van der Waals surface area contributed by atoms with Crippen molar-refractivity contribution in [3.63, 3.8) is 0 Å². The predicted molar refractivity (Wildman–Crippen MR) is 132 cm³/mol. The van der Waals surface area contributed by atoms with Gasteiger partial charge in [0.15, 0.2) is 0 Å². The van der Waals surface area contributed by atoms with Gasteiger partial charge in [-0.1, -0.05) is 41.9 Å². The van der Waals surface area contributed by atoms with Crippen molar-refractivity contribution in [2.75, 3.05) is 32.7 Å². The fourth-order valence-corrected chi connectivity index (χ4v) is 5.71. The van der Waals surface area contributed by atoms with E-state index in [1.165, 1.54) is 5.56 Å². The molecule has 2 unspecified atom stereocenters. The van der Waals surface area contributed by atoms with E-state index >= 15 is 0 Å². The summed E-state index contributed by atoms with van der Waals surface area (Å²) < 4.78 is 0. The minimum Gasteiger partial charge on any atom is -0.339 e. The molecule has 4 rings (SSSR count). The molecule has 0 aromatic heterocycles. The number of rotatable bonds is 4. The van der Waals surface area contributed by atoms with E-state index in [1.807, 2.05) is 44.2 Å². The van der Waals surface area contributed by atoms with E-state index in [-0.39, 0.29) is 5.91 Å². The van der Waals surface area contributed by atoms with Crippen molar-refractivity contribution >= 4 is 17.5 Å². The Morgan fingerprint density at radius 2 is 1.59 bits per heavy atom. The molecule has 0 spiro atoms. The quantitative estimate of drug-likeness (QED) is 0.626. The summed E-state index contributed by atoms with van der Waals surface area (Å²) in [5, 5.41) is 0.793. The van der Waals surface area contributed by atoms with Crippen LogP contribution >= 0.6 is 11.6 Å². The summed E-state index contributed by atoms with van der Waals surface area (Å²) in [5.74, 6) is 0.203. The van der Waals surface area contributed by atoms with Gasteiger partial charge in [0.25, 0.3) is 5.91 Å². The number of aryl methyl sites for hydroxylation is 2.